The quantitative estimate of drug-likeness (QED) is 0.630. The Morgan fingerprint density at radius 1 is 1.31 bits per heavy atom. The van der Waals surface area contributed by atoms with Crippen LogP contribution in [0.2, 0.25) is 0 Å². The van der Waals surface area contributed by atoms with Gasteiger partial charge in [-0.15, -0.1) is 0 Å². The number of hydrogen-bond acceptors (Lipinski definition) is 2. The fourth-order valence-corrected chi connectivity index (χ4v) is 2.34. The number of carbonyl (C=O) groups is 2. The number of amides is 2. The molecule has 0 aromatic heterocycles. The molecule has 0 spiro atoms. The summed E-state index contributed by atoms with van der Waals surface area (Å²) in [5.74, 6) is -1.79. The first-order chi connectivity index (χ1) is 7.50. The molecule has 1 heterocycles. The van der Waals surface area contributed by atoms with Crippen molar-refractivity contribution in [2.75, 3.05) is 0 Å². The van der Waals surface area contributed by atoms with Gasteiger partial charge in [-0.25, -0.2) is 4.39 Å². The minimum atomic E-state index is -0.650. The summed E-state index contributed by atoms with van der Waals surface area (Å²) in [6.07, 6.45) is 0. The number of nitrogens with one attached hydrogen (secondary N) is 1. The van der Waals surface area contributed by atoms with E-state index >= 15 is 0 Å². The van der Waals surface area contributed by atoms with Crippen molar-refractivity contribution in [3.05, 3.63) is 35.1 Å². The monoisotopic (exact) mass is 285 g/mol. The summed E-state index contributed by atoms with van der Waals surface area (Å²) in [6.45, 7) is 1.64. The van der Waals surface area contributed by atoms with Crippen LogP contribution >= 0.6 is 15.9 Å². The molecule has 1 fully saturated rings. The van der Waals surface area contributed by atoms with Crippen LogP contribution in [0.1, 0.15) is 17.0 Å². The molecule has 2 atom stereocenters. The van der Waals surface area contributed by atoms with Gasteiger partial charge < -0.3 is 0 Å². The highest BCUT2D eigenvalue weighted by Gasteiger charge is 2.40. The van der Waals surface area contributed by atoms with Crippen molar-refractivity contribution in [1.29, 1.82) is 0 Å². The number of rotatable bonds is 1. The average molecular weight is 286 g/mol. The highest BCUT2D eigenvalue weighted by atomic mass is 79.9. The third-order valence-electron chi connectivity index (χ3n) is 2.63. The van der Waals surface area contributed by atoms with Gasteiger partial charge in [-0.3, -0.25) is 14.9 Å². The third-order valence-corrected chi connectivity index (χ3v) is 3.57. The summed E-state index contributed by atoms with van der Waals surface area (Å²) in [5.41, 5.74) is 1.02. The Balaban J connectivity index is 2.40. The van der Waals surface area contributed by atoms with Gasteiger partial charge in [-0.1, -0.05) is 28.1 Å². The van der Waals surface area contributed by atoms with Crippen molar-refractivity contribution in [3.63, 3.8) is 0 Å². The summed E-state index contributed by atoms with van der Waals surface area (Å²) in [5, 5.41) is 2.20. The third kappa shape index (κ3) is 1.75. The van der Waals surface area contributed by atoms with Crippen LogP contribution in [0.25, 0.3) is 0 Å². The topological polar surface area (TPSA) is 46.2 Å². The standard InChI is InChI=1S/C11H9BrFNO2/c1-5-2-3-6(4-7(5)13)8-9(12)11(16)14-10(8)15/h2-4,8-9H,1H3,(H,14,15,16). The van der Waals surface area contributed by atoms with Crippen LogP contribution in [0.15, 0.2) is 18.2 Å². The zero-order chi connectivity index (χ0) is 11.9. The van der Waals surface area contributed by atoms with Gasteiger partial charge in [0.05, 0.1) is 5.92 Å². The van der Waals surface area contributed by atoms with Crippen LogP contribution in [0, 0.1) is 12.7 Å². The van der Waals surface area contributed by atoms with Gasteiger partial charge in [0.25, 0.3) is 0 Å². The molecule has 1 saturated heterocycles. The second kappa shape index (κ2) is 3.97. The number of aryl methyl sites for hydroxylation is 1. The molecule has 2 unspecified atom stereocenters. The van der Waals surface area contributed by atoms with Gasteiger partial charge in [0, 0.05) is 0 Å². The highest BCUT2D eigenvalue weighted by molar-refractivity contribution is 9.10. The van der Waals surface area contributed by atoms with E-state index in [9.17, 15) is 14.0 Å². The molecule has 0 saturated carbocycles. The first kappa shape index (κ1) is 11.3. The Kier molecular flexibility index (Phi) is 2.80. The highest BCUT2D eigenvalue weighted by Crippen LogP contribution is 2.30. The summed E-state index contributed by atoms with van der Waals surface area (Å²) < 4.78 is 13.4. The maximum atomic E-state index is 13.4. The lowest BCUT2D eigenvalue weighted by Crippen LogP contribution is -2.22. The van der Waals surface area contributed by atoms with E-state index in [0.717, 1.165) is 0 Å². The number of halogens is 2. The number of alkyl halides is 1. The zero-order valence-electron chi connectivity index (χ0n) is 8.46. The molecule has 0 radical (unpaired) electrons. The predicted molar refractivity (Wildman–Crippen MR) is 59.7 cm³/mol. The van der Waals surface area contributed by atoms with Crippen molar-refractivity contribution in [2.45, 2.75) is 17.7 Å². The number of hydrogen-bond donors (Lipinski definition) is 1. The van der Waals surface area contributed by atoms with E-state index in [0.29, 0.717) is 11.1 Å². The van der Waals surface area contributed by atoms with Gasteiger partial charge in [-0.2, -0.15) is 0 Å². The van der Waals surface area contributed by atoms with E-state index in [1.807, 2.05) is 0 Å². The van der Waals surface area contributed by atoms with Crippen LogP contribution in [0.5, 0.6) is 0 Å². The van der Waals surface area contributed by atoms with Crippen LogP contribution in [0.4, 0.5) is 4.39 Å². The van der Waals surface area contributed by atoms with Crippen molar-refractivity contribution in [2.24, 2.45) is 0 Å². The minimum absolute atomic E-state index is 0.371. The Morgan fingerprint density at radius 2 is 2.00 bits per heavy atom. The second-order valence-corrected chi connectivity index (χ2v) is 4.73. The Hall–Kier alpha value is -1.23. The molecule has 2 amide bonds. The molecule has 16 heavy (non-hydrogen) atoms. The summed E-state index contributed by atoms with van der Waals surface area (Å²) in [7, 11) is 0. The van der Waals surface area contributed by atoms with Gasteiger partial charge in [0.1, 0.15) is 10.6 Å². The van der Waals surface area contributed by atoms with E-state index in [2.05, 4.69) is 21.2 Å². The second-order valence-electron chi connectivity index (χ2n) is 3.74. The molecular weight excluding hydrogens is 277 g/mol. The number of benzene rings is 1. The maximum absolute atomic E-state index is 13.4. The lowest BCUT2D eigenvalue weighted by molar-refractivity contribution is -0.125. The van der Waals surface area contributed by atoms with E-state index in [1.165, 1.54) is 6.07 Å². The number of imide groups is 1. The molecule has 2 rings (SSSR count). The lowest BCUT2D eigenvalue weighted by Gasteiger charge is -2.10. The predicted octanol–water partition coefficient (Wildman–Crippen LogP) is 1.64. The van der Waals surface area contributed by atoms with E-state index in [-0.39, 0.29) is 11.7 Å². The Labute approximate surface area is 100 Å². The summed E-state index contributed by atoms with van der Waals surface area (Å²) in [6, 6.07) is 4.56. The van der Waals surface area contributed by atoms with Gasteiger partial charge in [0.2, 0.25) is 11.8 Å². The molecule has 1 aliphatic rings. The van der Waals surface area contributed by atoms with E-state index < -0.39 is 16.7 Å². The van der Waals surface area contributed by atoms with Crippen molar-refractivity contribution < 1.29 is 14.0 Å². The number of carbonyl (C=O) groups excluding carboxylic acids is 2. The minimum Gasteiger partial charge on any atom is -0.295 e. The van der Waals surface area contributed by atoms with Crippen molar-refractivity contribution >= 4 is 27.7 Å². The molecule has 84 valence electrons. The van der Waals surface area contributed by atoms with Crippen LogP contribution in [0.3, 0.4) is 0 Å². The first-order valence-electron chi connectivity index (χ1n) is 4.75. The molecule has 0 bridgehead atoms. The van der Waals surface area contributed by atoms with Gasteiger partial charge in [-0.05, 0) is 24.1 Å². The smallest absolute Gasteiger partial charge is 0.241 e. The normalized spacial score (nSPS) is 24.7. The first-order valence-corrected chi connectivity index (χ1v) is 5.67. The van der Waals surface area contributed by atoms with E-state index in [1.54, 1.807) is 19.1 Å². The van der Waals surface area contributed by atoms with Crippen molar-refractivity contribution in [1.82, 2.24) is 5.32 Å². The largest absolute Gasteiger partial charge is 0.295 e. The van der Waals surface area contributed by atoms with Crippen molar-refractivity contribution in [3.8, 4) is 0 Å². The van der Waals surface area contributed by atoms with Crippen LogP contribution in [-0.4, -0.2) is 16.6 Å². The molecule has 0 aliphatic carbocycles. The molecule has 5 heteroatoms. The van der Waals surface area contributed by atoms with Gasteiger partial charge >= 0.3 is 0 Å². The summed E-state index contributed by atoms with van der Waals surface area (Å²) in [4.78, 5) is 22.1. The fraction of sp³-hybridized carbons (Fsp3) is 0.273. The summed E-state index contributed by atoms with van der Waals surface area (Å²) >= 11 is 3.13. The molecule has 1 aromatic carbocycles. The SMILES string of the molecule is Cc1ccc(C2C(=O)NC(=O)C2Br)cc1F. The zero-order valence-corrected chi connectivity index (χ0v) is 10.0. The van der Waals surface area contributed by atoms with Crippen LogP contribution < -0.4 is 5.32 Å². The van der Waals surface area contributed by atoms with E-state index in [4.69, 9.17) is 0 Å². The molecular formula is C11H9BrFNO2. The van der Waals surface area contributed by atoms with Crippen LogP contribution in [-0.2, 0) is 9.59 Å². The Morgan fingerprint density at radius 3 is 2.50 bits per heavy atom. The fourth-order valence-electron chi connectivity index (χ4n) is 1.68. The molecule has 1 aromatic rings. The molecule has 3 nitrogen and oxygen atoms in total. The average Bonchev–Trinajstić information content (AvgIpc) is 2.47. The van der Waals surface area contributed by atoms with Gasteiger partial charge in [0.15, 0.2) is 0 Å². The molecule has 1 N–H and O–H groups in total. The lowest BCUT2D eigenvalue weighted by atomic mass is 9.96. The Bertz CT molecular complexity index is 475. The molecule has 1 aliphatic heterocycles. The maximum Gasteiger partial charge on any atom is 0.241 e.